The van der Waals surface area contributed by atoms with E-state index < -0.39 is 10.8 Å². The molecule has 1 aliphatic heterocycles. The van der Waals surface area contributed by atoms with Gasteiger partial charge in [-0.15, -0.1) is 0 Å². The van der Waals surface area contributed by atoms with Gasteiger partial charge >= 0.3 is 0 Å². The number of hydrogen-bond acceptors (Lipinski definition) is 3. The molecule has 0 radical (unpaired) electrons. The van der Waals surface area contributed by atoms with Gasteiger partial charge in [-0.2, -0.15) is 0 Å². The average molecular weight is 218 g/mol. The lowest BCUT2D eigenvalue weighted by Crippen LogP contribution is -2.54. The van der Waals surface area contributed by atoms with Gasteiger partial charge in [0, 0.05) is 48.0 Å². The van der Waals surface area contributed by atoms with E-state index in [0.717, 1.165) is 31.8 Å². The molecule has 3 atom stereocenters. The van der Waals surface area contributed by atoms with Crippen molar-refractivity contribution in [3.05, 3.63) is 0 Å². The second-order valence-electron chi connectivity index (χ2n) is 4.28. The van der Waals surface area contributed by atoms with Gasteiger partial charge in [-0.05, 0) is 26.8 Å². The first-order valence-electron chi connectivity index (χ1n) is 5.37. The highest BCUT2D eigenvalue weighted by atomic mass is 32.2. The summed E-state index contributed by atoms with van der Waals surface area (Å²) in [5.41, 5.74) is 0. The maximum absolute atomic E-state index is 10.9. The summed E-state index contributed by atoms with van der Waals surface area (Å²) in [6, 6.07) is 1.22. The summed E-state index contributed by atoms with van der Waals surface area (Å²) in [5.74, 6) is 0.838. The molecule has 1 saturated heterocycles. The summed E-state index contributed by atoms with van der Waals surface area (Å²) in [6.45, 7) is 7.76. The van der Waals surface area contributed by atoms with Crippen LogP contribution in [-0.4, -0.2) is 52.8 Å². The minimum atomic E-state index is -0.632. The van der Waals surface area contributed by atoms with Crippen molar-refractivity contribution < 1.29 is 4.21 Å². The second-order valence-corrected chi connectivity index (χ2v) is 5.84. The van der Waals surface area contributed by atoms with Gasteiger partial charge in [0.2, 0.25) is 0 Å². The molecule has 0 bridgehead atoms. The molecule has 0 aromatic carbocycles. The highest BCUT2D eigenvalue weighted by molar-refractivity contribution is 7.84. The fourth-order valence-corrected chi connectivity index (χ4v) is 2.42. The molecule has 0 aromatic heterocycles. The molecule has 4 heteroatoms. The van der Waals surface area contributed by atoms with Crippen LogP contribution in [0.25, 0.3) is 0 Å². The van der Waals surface area contributed by atoms with Crippen LogP contribution in [0.5, 0.6) is 0 Å². The Morgan fingerprint density at radius 1 is 1.50 bits per heavy atom. The predicted molar refractivity (Wildman–Crippen MR) is 62.1 cm³/mol. The Labute approximate surface area is 89.7 Å². The second kappa shape index (κ2) is 5.83. The van der Waals surface area contributed by atoms with E-state index in [4.69, 9.17) is 0 Å². The number of nitrogens with one attached hydrogen (secondary N) is 1. The normalized spacial score (nSPS) is 31.6. The molecule has 0 saturated carbocycles. The summed E-state index contributed by atoms with van der Waals surface area (Å²) in [4.78, 5) is 2.49. The summed E-state index contributed by atoms with van der Waals surface area (Å²) >= 11 is 0. The van der Waals surface area contributed by atoms with E-state index in [1.54, 1.807) is 6.26 Å². The third kappa shape index (κ3) is 4.07. The molecule has 0 aromatic rings. The van der Waals surface area contributed by atoms with E-state index in [1.165, 1.54) is 0 Å². The highest BCUT2D eigenvalue weighted by Crippen LogP contribution is 2.06. The molecule has 1 heterocycles. The van der Waals surface area contributed by atoms with Crippen molar-refractivity contribution in [1.29, 1.82) is 0 Å². The van der Waals surface area contributed by atoms with Crippen molar-refractivity contribution in [2.24, 2.45) is 0 Å². The molecule has 84 valence electrons. The monoisotopic (exact) mass is 218 g/mol. The van der Waals surface area contributed by atoms with Crippen LogP contribution >= 0.6 is 0 Å². The lowest BCUT2D eigenvalue weighted by Gasteiger charge is -2.37. The van der Waals surface area contributed by atoms with Crippen molar-refractivity contribution in [3.63, 3.8) is 0 Å². The maximum Gasteiger partial charge on any atom is 0.0244 e. The van der Waals surface area contributed by atoms with Crippen LogP contribution in [-0.2, 0) is 10.8 Å². The minimum absolute atomic E-state index is 0.596. The lowest BCUT2D eigenvalue weighted by molar-refractivity contribution is 0.147. The Morgan fingerprint density at radius 2 is 2.21 bits per heavy atom. The third-order valence-electron chi connectivity index (χ3n) is 2.77. The van der Waals surface area contributed by atoms with Gasteiger partial charge in [0.05, 0.1) is 0 Å². The van der Waals surface area contributed by atoms with E-state index in [0.29, 0.717) is 12.1 Å². The topological polar surface area (TPSA) is 32.3 Å². The first kappa shape index (κ1) is 12.1. The standard InChI is InChI=1S/C10H22N2OS/c1-9-8-12(10(2)7-11-9)5-4-6-14(3)13/h9-11H,4-8H2,1-3H3. The Balaban J connectivity index is 2.24. The van der Waals surface area contributed by atoms with Crippen LogP contribution in [0.2, 0.25) is 0 Å². The third-order valence-corrected chi connectivity index (χ3v) is 3.63. The van der Waals surface area contributed by atoms with Gasteiger partial charge < -0.3 is 5.32 Å². The SMILES string of the molecule is CC1CN(CCCS(C)=O)C(C)CN1. The van der Waals surface area contributed by atoms with Crippen molar-refractivity contribution in [3.8, 4) is 0 Å². The molecule has 1 rings (SSSR count). The number of hydrogen-bond donors (Lipinski definition) is 1. The van der Waals surface area contributed by atoms with Crippen LogP contribution in [0.3, 0.4) is 0 Å². The molecule has 0 aliphatic carbocycles. The van der Waals surface area contributed by atoms with Crippen LogP contribution in [0.1, 0.15) is 20.3 Å². The zero-order valence-corrected chi connectivity index (χ0v) is 10.3. The van der Waals surface area contributed by atoms with Gasteiger partial charge in [0.25, 0.3) is 0 Å². The van der Waals surface area contributed by atoms with Crippen LogP contribution in [0, 0.1) is 0 Å². The fourth-order valence-electron chi connectivity index (χ4n) is 1.88. The number of rotatable bonds is 4. The van der Waals surface area contributed by atoms with Crippen molar-refractivity contribution in [1.82, 2.24) is 10.2 Å². The van der Waals surface area contributed by atoms with Crippen molar-refractivity contribution >= 4 is 10.8 Å². The zero-order valence-electron chi connectivity index (χ0n) is 9.45. The smallest absolute Gasteiger partial charge is 0.0244 e. The first-order chi connectivity index (χ1) is 6.59. The molecule has 0 spiro atoms. The summed E-state index contributed by atoms with van der Waals surface area (Å²) in [7, 11) is -0.632. The Kier molecular flexibility index (Phi) is 5.06. The van der Waals surface area contributed by atoms with Crippen molar-refractivity contribution in [2.75, 3.05) is 31.6 Å². The molecule has 0 amide bonds. The van der Waals surface area contributed by atoms with E-state index in [-0.39, 0.29) is 0 Å². The van der Waals surface area contributed by atoms with Gasteiger partial charge in [-0.3, -0.25) is 9.11 Å². The van der Waals surface area contributed by atoms with E-state index >= 15 is 0 Å². The molecule has 14 heavy (non-hydrogen) atoms. The van der Waals surface area contributed by atoms with Gasteiger partial charge in [0.15, 0.2) is 0 Å². The first-order valence-corrected chi connectivity index (χ1v) is 7.09. The number of nitrogens with zero attached hydrogens (tertiary/aromatic N) is 1. The number of piperazine rings is 1. The van der Waals surface area contributed by atoms with E-state index in [2.05, 4.69) is 24.1 Å². The van der Waals surface area contributed by atoms with Crippen LogP contribution < -0.4 is 5.32 Å². The molecular weight excluding hydrogens is 196 g/mol. The fraction of sp³-hybridized carbons (Fsp3) is 1.00. The molecule has 1 aliphatic rings. The Bertz CT molecular complexity index is 199. The predicted octanol–water partition coefficient (Wildman–Crippen LogP) is 0.437. The largest absolute Gasteiger partial charge is 0.311 e. The molecule has 1 N–H and O–H groups in total. The van der Waals surface area contributed by atoms with Gasteiger partial charge in [-0.1, -0.05) is 0 Å². The molecule has 3 nitrogen and oxygen atoms in total. The van der Waals surface area contributed by atoms with Crippen LogP contribution in [0.4, 0.5) is 0 Å². The zero-order chi connectivity index (χ0) is 10.6. The average Bonchev–Trinajstić information content (AvgIpc) is 2.10. The lowest BCUT2D eigenvalue weighted by atomic mass is 10.1. The summed E-state index contributed by atoms with van der Waals surface area (Å²) in [6.07, 6.45) is 2.84. The van der Waals surface area contributed by atoms with E-state index in [9.17, 15) is 4.21 Å². The van der Waals surface area contributed by atoms with Crippen molar-refractivity contribution in [2.45, 2.75) is 32.4 Å². The summed E-state index contributed by atoms with van der Waals surface area (Å²) in [5, 5.41) is 3.46. The van der Waals surface area contributed by atoms with Gasteiger partial charge in [0.1, 0.15) is 0 Å². The maximum atomic E-state index is 10.9. The highest BCUT2D eigenvalue weighted by Gasteiger charge is 2.21. The Morgan fingerprint density at radius 3 is 2.86 bits per heavy atom. The quantitative estimate of drug-likeness (QED) is 0.743. The molecular formula is C10H22N2OS. The minimum Gasteiger partial charge on any atom is -0.311 e. The van der Waals surface area contributed by atoms with Crippen LogP contribution in [0.15, 0.2) is 0 Å². The van der Waals surface area contributed by atoms with Gasteiger partial charge in [-0.25, -0.2) is 0 Å². The molecule has 1 fully saturated rings. The van der Waals surface area contributed by atoms with E-state index in [1.807, 2.05) is 0 Å². The molecule has 3 unspecified atom stereocenters. The Hall–Kier alpha value is 0.0700. The summed E-state index contributed by atoms with van der Waals surface area (Å²) < 4.78 is 10.9.